The maximum Gasteiger partial charge on any atom is 0.239 e. The van der Waals surface area contributed by atoms with Crippen molar-refractivity contribution in [1.82, 2.24) is 15.5 Å². The second-order valence-corrected chi connectivity index (χ2v) is 7.43. The van der Waals surface area contributed by atoms with Gasteiger partial charge in [0, 0.05) is 19.6 Å². The molecular formula is C20H32N4O3. The maximum atomic E-state index is 12.4. The monoisotopic (exact) mass is 376 g/mol. The minimum Gasteiger partial charge on any atom is -0.379 e. The van der Waals surface area contributed by atoms with Crippen LogP contribution in [0.15, 0.2) is 24.3 Å². The quantitative estimate of drug-likeness (QED) is 0.617. The fraction of sp³-hybridized carbons (Fsp3) is 0.600. The number of hydrogen-bond donors (Lipinski definition) is 3. The molecule has 1 unspecified atom stereocenters. The van der Waals surface area contributed by atoms with Gasteiger partial charge >= 0.3 is 0 Å². The van der Waals surface area contributed by atoms with E-state index in [-0.39, 0.29) is 30.3 Å². The molecule has 0 bridgehead atoms. The Morgan fingerprint density at radius 3 is 2.41 bits per heavy atom. The summed E-state index contributed by atoms with van der Waals surface area (Å²) in [5.41, 5.74) is 8.03. The van der Waals surface area contributed by atoms with Crippen LogP contribution in [0.4, 0.5) is 0 Å². The van der Waals surface area contributed by atoms with E-state index < -0.39 is 6.04 Å². The Labute approximate surface area is 161 Å². The number of amides is 2. The molecule has 0 radical (unpaired) electrons. The summed E-state index contributed by atoms with van der Waals surface area (Å²) in [7, 11) is 0. The Morgan fingerprint density at radius 2 is 1.81 bits per heavy atom. The minimum absolute atomic E-state index is 0.0229. The predicted octanol–water partition coefficient (Wildman–Crippen LogP) is 0.584. The highest BCUT2D eigenvalue weighted by molar-refractivity contribution is 5.87. The van der Waals surface area contributed by atoms with Crippen molar-refractivity contribution in [2.75, 3.05) is 39.4 Å². The predicted molar refractivity (Wildman–Crippen MR) is 105 cm³/mol. The number of nitrogens with one attached hydrogen (secondary N) is 2. The SMILES string of the molecule is Cc1ccc(C(CN2CCOCC2)NC(=O)CNC(=O)[C@@H](N)C(C)C)cc1. The molecule has 2 rings (SSSR count). The first kappa shape index (κ1) is 21.3. The van der Waals surface area contributed by atoms with Crippen molar-refractivity contribution >= 4 is 11.8 Å². The molecule has 4 N–H and O–H groups in total. The second kappa shape index (κ2) is 10.4. The average molecular weight is 377 g/mol. The van der Waals surface area contributed by atoms with Crippen LogP contribution in [-0.4, -0.2) is 62.1 Å². The summed E-state index contributed by atoms with van der Waals surface area (Å²) in [5, 5.41) is 5.67. The molecule has 150 valence electrons. The molecule has 0 spiro atoms. The van der Waals surface area contributed by atoms with Gasteiger partial charge in [-0.15, -0.1) is 0 Å². The third-order valence-corrected chi connectivity index (χ3v) is 4.80. The fourth-order valence-electron chi connectivity index (χ4n) is 2.91. The maximum absolute atomic E-state index is 12.4. The van der Waals surface area contributed by atoms with Crippen LogP contribution >= 0.6 is 0 Å². The van der Waals surface area contributed by atoms with Gasteiger partial charge in [0.05, 0.1) is 31.8 Å². The van der Waals surface area contributed by atoms with E-state index in [1.165, 1.54) is 5.56 Å². The average Bonchev–Trinajstić information content (AvgIpc) is 2.66. The molecule has 1 aromatic rings. The number of carbonyl (C=O) groups excluding carboxylic acids is 2. The highest BCUT2D eigenvalue weighted by atomic mass is 16.5. The van der Waals surface area contributed by atoms with Gasteiger partial charge in [-0.3, -0.25) is 14.5 Å². The third-order valence-electron chi connectivity index (χ3n) is 4.80. The lowest BCUT2D eigenvalue weighted by molar-refractivity contribution is -0.127. The molecule has 0 aliphatic carbocycles. The van der Waals surface area contributed by atoms with Crippen molar-refractivity contribution in [2.45, 2.75) is 32.9 Å². The Morgan fingerprint density at radius 1 is 1.19 bits per heavy atom. The smallest absolute Gasteiger partial charge is 0.239 e. The number of nitrogens with zero attached hydrogens (tertiary/aromatic N) is 1. The van der Waals surface area contributed by atoms with Crippen LogP contribution in [0.2, 0.25) is 0 Å². The van der Waals surface area contributed by atoms with E-state index in [0.29, 0.717) is 19.8 Å². The molecule has 7 heteroatoms. The normalized spacial score (nSPS) is 17.4. The van der Waals surface area contributed by atoms with Gasteiger partial charge < -0.3 is 21.1 Å². The number of benzene rings is 1. The van der Waals surface area contributed by atoms with Gasteiger partial charge in [-0.05, 0) is 18.4 Å². The third kappa shape index (κ3) is 6.93. The van der Waals surface area contributed by atoms with Gasteiger partial charge in [0.15, 0.2) is 0 Å². The second-order valence-electron chi connectivity index (χ2n) is 7.43. The summed E-state index contributed by atoms with van der Waals surface area (Å²) >= 11 is 0. The molecule has 1 aliphatic rings. The molecule has 2 atom stereocenters. The molecule has 1 heterocycles. The number of aryl methyl sites for hydroxylation is 1. The van der Waals surface area contributed by atoms with Crippen molar-refractivity contribution < 1.29 is 14.3 Å². The Kier molecular flexibility index (Phi) is 8.22. The molecule has 0 aromatic heterocycles. The van der Waals surface area contributed by atoms with Crippen molar-refractivity contribution in [3.63, 3.8) is 0 Å². The summed E-state index contributed by atoms with van der Waals surface area (Å²) in [6.45, 7) is 9.52. The number of ether oxygens (including phenoxy) is 1. The van der Waals surface area contributed by atoms with E-state index in [1.54, 1.807) is 0 Å². The van der Waals surface area contributed by atoms with Gasteiger partial charge in [0.1, 0.15) is 0 Å². The van der Waals surface area contributed by atoms with Crippen LogP contribution in [0.5, 0.6) is 0 Å². The zero-order chi connectivity index (χ0) is 19.8. The first-order valence-electron chi connectivity index (χ1n) is 9.56. The molecule has 1 aliphatic heterocycles. The summed E-state index contributed by atoms with van der Waals surface area (Å²) in [4.78, 5) is 26.7. The van der Waals surface area contributed by atoms with Crippen molar-refractivity contribution in [3.8, 4) is 0 Å². The Bertz CT molecular complexity index is 612. The van der Waals surface area contributed by atoms with Crippen LogP contribution in [0.1, 0.15) is 31.0 Å². The molecule has 27 heavy (non-hydrogen) atoms. The zero-order valence-electron chi connectivity index (χ0n) is 16.5. The Hall–Kier alpha value is -1.96. The van der Waals surface area contributed by atoms with Crippen LogP contribution in [0.25, 0.3) is 0 Å². The molecule has 0 saturated carbocycles. The fourth-order valence-corrected chi connectivity index (χ4v) is 2.91. The van der Waals surface area contributed by atoms with Gasteiger partial charge in [-0.25, -0.2) is 0 Å². The van der Waals surface area contributed by atoms with E-state index in [9.17, 15) is 9.59 Å². The summed E-state index contributed by atoms with van der Waals surface area (Å²) < 4.78 is 5.40. The molecule has 1 fully saturated rings. The molecule has 1 aromatic carbocycles. The van der Waals surface area contributed by atoms with Crippen LogP contribution in [-0.2, 0) is 14.3 Å². The van der Waals surface area contributed by atoms with E-state index in [4.69, 9.17) is 10.5 Å². The lowest BCUT2D eigenvalue weighted by Crippen LogP contribution is -2.48. The van der Waals surface area contributed by atoms with Crippen LogP contribution < -0.4 is 16.4 Å². The summed E-state index contributed by atoms with van der Waals surface area (Å²) in [6, 6.07) is 7.39. The zero-order valence-corrected chi connectivity index (χ0v) is 16.5. The number of carbonyl (C=O) groups is 2. The molecule has 7 nitrogen and oxygen atoms in total. The van der Waals surface area contributed by atoms with Gasteiger partial charge in [-0.2, -0.15) is 0 Å². The highest BCUT2D eigenvalue weighted by Crippen LogP contribution is 2.16. The van der Waals surface area contributed by atoms with Crippen molar-refractivity contribution in [3.05, 3.63) is 35.4 Å². The highest BCUT2D eigenvalue weighted by Gasteiger charge is 2.22. The van der Waals surface area contributed by atoms with E-state index in [1.807, 2.05) is 45.0 Å². The van der Waals surface area contributed by atoms with Crippen molar-refractivity contribution in [1.29, 1.82) is 0 Å². The summed E-state index contributed by atoms with van der Waals surface area (Å²) in [6.07, 6.45) is 0. The number of rotatable bonds is 8. The van der Waals surface area contributed by atoms with Crippen LogP contribution in [0, 0.1) is 12.8 Å². The number of morpholine rings is 1. The topological polar surface area (TPSA) is 96.7 Å². The first-order chi connectivity index (χ1) is 12.9. The standard InChI is InChI=1S/C20H32N4O3/c1-14(2)19(21)20(26)22-12-18(25)23-17(13-24-8-10-27-11-9-24)16-6-4-15(3)5-7-16/h4-7,14,17,19H,8-13,21H2,1-3H3,(H,22,26)(H,23,25)/t17?,19-/m0/s1. The van der Waals surface area contributed by atoms with E-state index in [2.05, 4.69) is 15.5 Å². The van der Waals surface area contributed by atoms with Gasteiger partial charge in [-0.1, -0.05) is 43.7 Å². The summed E-state index contributed by atoms with van der Waals surface area (Å²) in [5.74, 6) is -0.506. The van der Waals surface area contributed by atoms with Gasteiger partial charge in [0.25, 0.3) is 0 Å². The Balaban J connectivity index is 1.96. The molecule has 1 saturated heterocycles. The lowest BCUT2D eigenvalue weighted by Gasteiger charge is -2.31. The lowest BCUT2D eigenvalue weighted by atomic mass is 10.0. The van der Waals surface area contributed by atoms with E-state index in [0.717, 1.165) is 18.7 Å². The number of nitrogens with two attached hydrogens (primary N) is 1. The molecular weight excluding hydrogens is 344 g/mol. The van der Waals surface area contributed by atoms with E-state index >= 15 is 0 Å². The van der Waals surface area contributed by atoms with Gasteiger partial charge in [0.2, 0.25) is 11.8 Å². The minimum atomic E-state index is -0.612. The first-order valence-corrected chi connectivity index (χ1v) is 9.56. The number of hydrogen-bond acceptors (Lipinski definition) is 5. The largest absolute Gasteiger partial charge is 0.379 e. The van der Waals surface area contributed by atoms with Crippen molar-refractivity contribution in [2.24, 2.45) is 11.7 Å². The molecule has 2 amide bonds. The van der Waals surface area contributed by atoms with Crippen LogP contribution in [0.3, 0.4) is 0 Å².